The third-order valence-electron chi connectivity index (χ3n) is 2.37. The minimum Gasteiger partial charge on any atom is -0.511 e. The SMILES string of the molecule is CCOC(=O)C1=C(CC)OC(=O)C1=C(O)CC. The topological polar surface area (TPSA) is 72.8 Å². The summed E-state index contributed by atoms with van der Waals surface area (Å²) in [5.74, 6) is -1.22. The van der Waals surface area contributed by atoms with Gasteiger partial charge in [-0.25, -0.2) is 9.59 Å². The Morgan fingerprint density at radius 1 is 1.35 bits per heavy atom. The first-order valence-corrected chi connectivity index (χ1v) is 5.61. The molecule has 94 valence electrons. The molecule has 5 heteroatoms. The number of carbonyl (C=O) groups is 2. The van der Waals surface area contributed by atoms with Crippen LogP contribution in [0.2, 0.25) is 0 Å². The van der Waals surface area contributed by atoms with Crippen molar-refractivity contribution in [1.82, 2.24) is 0 Å². The van der Waals surface area contributed by atoms with Gasteiger partial charge in [-0.1, -0.05) is 13.8 Å². The van der Waals surface area contributed by atoms with E-state index in [0.717, 1.165) is 0 Å². The van der Waals surface area contributed by atoms with Crippen molar-refractivity contribution in [2.24, 2.45) is 0 Å². The summed E-state index contributed by atoms with van der Waals surface area (Å²) in [6.07, 6.45) is 0.644. The number of aliphatic hydroxyl groups excluding tert-OH is 1. The second kappa shape index (κ2) is 5.52. The highest BCUT2D eigenvalue weighted by Crippen LogP contribution is 2.31. The van der Waals surface area contributed by atoms with Crippen LogP contribution >= 0.6 is 0 Å². The normalized spacial score (nSPS) is 18.2. The van der Waals surface area contributed by atoms with Gasteiger partial charge in [0.25, 0.3) is 0 Å². The van der Waals surface area contributed by atoms with E-state index >= 15 is 0 Å². The standard InChI is InChI=1S/C12H16O5/c1-4-7(13)9-10(11(14)16-6-3)8(5-2)17-12(9)15/h13H,4-6H2,1-3H3. The lowest BCUT2D eigenvalue weighted by Gasteiger charge is -2.04. The molecule has 0 saturated heterocycles. The maximum absolute atomic E-state index is 11.7. The van der Waals surface area contributed by atoms with Gasteiger partial charge in [0.2, 0.25) is 0 Å². The van der Waals surface area contributed by atoms with Crippen molar-refractivity contribution in [2.45, 2.75) is 33.6 Å². The van der Waals surface area contributed by atoms with Crippen molar-refractivity contribution in [2.75, 3.05) is 6.61 Å². The Balaban J connectivity index is 3.25. The number of esters is 2. The summed E-state index contributed by atoms with van der Waals surface area (Å²) in [5.41, 5.74) is -0.0125. The van der Waals surface area contributed by atoms with E-state index in [0.29, 0.717) is 6.42 Å². The second-order valence-corrected chi connectivity index (χ2v) is 3.44. The molecule has 0 aliphatic carbocycles. The number of hydrogen-bond donors (Lipinski definition) is 1. The number of carbonyl (C=O) groups excluding carboxylic acids is 2. The van der Waals surface area contributed by atoms with Gasteiger partial charge >= 0.3 is 11.9 Å². The number of allylic oxidation sites excluding steroid dienone is 2. The van der Waals surface area contributed by atoms with Crippen LogP contribution in [0.1, 0.15) is 33.6 Å². The lowest BCUT2D eigenvalue weighted by Crippen LogP contribution is -2.12. The highest BCUT2D eigenvalue weighted by atomic mass is 16.6. The van der Waals surface area contributed by atoms with Crippen LogP contribution in [0.4, 0.5) is 0 Å². The Labute approximate surface area is 99.7 Å². The zero-order chi connectivity index (χ0) is 13.0. The molecule has 0 saturated carbocycles. The maximum atomic E-state index is 11.7. The molecule has 1 aliphatic rings. The molecule has 0 aromatic rings. The van der Waals surface area contributed by atoms with Crippen molar-refractivity contribution >= 4 is 11.9 Å². The summed E-state index contributed by atoms with van der Waals surface area (Å²) >= 11 is 0. The van der Waals surface area contributed by atoms with Gasteiger partial charge in [-0.05, 0) is 6.92 Å². The third kappa shape index (κ3) is 2.49. The molecule has 1 aliphatic heterocycles. The molecule has 5 nitrogen and oxygen atoms in total. The summed E-state index contributed by atoms with van der Waals surface area (Å²) in [4.78, 5) is 23.3. The van der Waals surface area contributed by atoms with E-state index in [-0.39, 0.29) is 35.7 Å². The molecular weight excluding hydrogens is 224 g/mol. The Hall–Kier alpha value is -1.78. The average molecular weight is 240 g/mol. The average Bonchev–Trinajstić information content (AvgIpc) is 2.65. The van der Waals surface area contributed by atoms with Crippen molar-refractivity contribution in [3.8, 4) is 0 Å². The largest absolute Gasteiger partial charge is 0.511 e. The summed E-state index contributed by atoms with van der Waals surface area (Å²) in [7, 11) is 0. The molecule has 0 atom stereocenters. The number of ether oxygens (including phenoxy) is 2. The highest BCUT2D eigenvalue weighted by molar-refractivity contribution is 6.10. The van der Waals surface area contributed by atoms with E-state index in [4.69, 9.17) is 9.47 Å². The highest BCUT2D eigenvalue weighted by Gasteiger charge is 2.37. The zero-order valence-electron chi connectivity index (χ0n) is 10.2. The van der Waals surface area contributed by atoms with E-state index in [9.17, 15) is 14.7 Å². The summed E-state index contributed by atoms with van der Waals surface area (Å²) in [5, 5.41) is 9.67. The number of aliphatic hydroxyl groups is 1. The summed E-state index contributed by atoms with van der Waals surface area (Å²) < 4.78 is 9.80. The second-order valence-electron chi connectivity index (χ2n) is 3.44. The fraction of sp³-hybridized carbons (Fsp3) is 0.500. The lowest BCUT2D eigenvalue weighted by molar-refractivity contribution is -0.138. The van der Waals surface area contributed by atoms with Crippen LogP contribution in [0.5, 0.6) is 0 Å². The van der Waals surface area contributed by atoms with Crippen LogP contribution in [-0.4, -0.2) is 23.7 Å². The molecule has 0 unspecified atom stereocenters. The minimum absolute atomic E-state index is 0.0544. The molecule has 0 aromatic carbocycles. The van der Waals surface area contributed by atoms with E-state index in [1.807, 2.05) is 0 Å². The number of rotatable bonds is 4. The third-order valence-corrected chi connectivity index (χ3v) is 2.37. The Morgan fingerprint density at radius 2 is 2.00 bits per heavy atom. The quantitative estimate of drug-likeness (QED) is 0.462. The Morgan fingerprint density at radius 3 is 2.47 bits per heavy atom. The van der Waals surface area contributed by atoms with Crippen molar-refractivity contribution < 1.29 is 24.2 Å². The van der Waals surface area contributed by atoms with Gasteiger partial charge in [-0.15, -0.1) is 0 Å². The summed E-state index contributed by atoms with van der Waals surface area (Å²) in [6.45, 7) is 5.31. The van der Waals surface area contributed by atoms with Crippen molar-refractivity contribution in [3.63, 3.8) is 0 Å². The van der Waals surface area contributed by atoms with Gasteiger partial charge in [0.15, 0.2) is 0 Å². The first-order valence-electron chi connectivity index (χ1n) is 5.61. The van der Waals surface area contributed by atoms with E-state index < -0.39 is 11.9 Å². The molecule has 1 heterocycles. The molecule has 0 aromatic heterocycles. The van der Waals surface area contributed by atoms with Crippen LogP contribution < -0.4 is 0 Å². The fourth-order valence-electron chi connectivity index (χ4n) is 1.56. The fourth-order valence-corrected chi connectivity index (χ4v) is 1.56. The molecular formula is C12H16O5. The van der Waals surface area contributed by atoms with Gasteiger partial charge < -0.3 is 14.6 Å². The van der Waals surface area contributed by atoms with Crippen LogP contribution in [0.15, 0.2) is 22.7 Å². The molecule has 0 amide bonds. The van der Waals surface area contributed by atoms with Crippen LogP contribution in [0.25, 0.3) is 0 Å². The smallest absolute Gasteiger partial charge is 0.347 e. The summed E-state index contributed by atoms with van der Waals surface area (Å²) in [6, 6.07) is 0. The van der Waals surface area contributed by atoms with Gasteiger partial charge in [-0.2, -0.15) is 0 Å². The van der Waals surface area contributed by atoms with E-state index in [1.165, 1.54) is 0 Å². The monoisotopic (exact) mass is 240 g/mol. The molecule has 1 N–H and O–H groups in total. The van der Waals surface area contributed by atoms with Crippen LogP contribution in [0, 0.1) is 0 Å². The Bertz CT molecular complexity index is 403. The van der Waals surface area contributed by atoms with Gasteiger partial charge in [0.05, 0.1) is 6.61 Å². The Kier molecular flexibility index (Phi) is 4.31. The number of hydrogen-bond acceptors (Lipinski definition) is 5. The van der Waals surface area contributed by atoms with Crippen molar-refractivity contribution in [3.05, 3.63) is 22.7 Å². The van der Waals surface area contributed by atoms with E-state index in [1.54, 1.807) is 20.8 Å². The minimum atomic E-state index is -0.691. The molecule has 0 bridgehead atoms. The molecule has 1 rings (SSSR count). The van der Waals surface area contributed by atoms with Crippen molar-refractivity contribution in [1.29, 1.82) is 0 Å². The van der Waals surface area contributed by atoms with Gasteiger partial charge in [-0.3, -0.25) is 0 Å². The predicted molar refractivity (Wildman–Crippen MR) is 60.0 cm³/mol. The van der Waals surface area contributed by atoms with Gasteiger partial charge in [0.1, 0.15) is 22.7 Å². The maximum Gasteiger partial charge on any atom is 0.347 e. The molecule has 0 spiro atoms. The van der Waals surface area contributed by atoms with Crippen LogP contribution in [-0.2, 0) is 19.1 Å². The molecule has 0 fully saturated rings. The van der Waals surface area contributed by atoms with Gasteiger partial charge in [0, 0.05) is 12.8 Å². The predicted octanol–water partition coefficient (Wildman–Crippen LogP) is 1.99. The lowest BCUT2D eigenvalue weighted by atomic mass is 10.0. The number of cyclic esters (lactones) is 1. The van der Waals surface area contributed by atoms with Crippen LogP contribution in [0.3, 0.4) is 0 Å². The first kappa shape index (κ1) is 13.3. The zero-order valence-corrected chi connectivity index (χ0v) is 10.2. The molecule has 0 radical (unpaired) electrons. The first-order chi connectivity index (χ1) is 8.06. The molecule has 17 heavy (non-hydrogen) atoms. The van der Waals surface area contributed by atoms with E-state index in [2.05, 4.69) is 0 Å².